The monoisotopic (exact) mass is 488 g/mol. The summed E-state index contributed by atoms with van der Waals surface area (Å²) in [5.41, 5.74) is 1.17. The number of nitrogens with zero attached hydrogens (tertiary/aromatic N) is 2. The van der Waals surface area contributed by atoms with E-state index < -0.39 is 12.7 Å². The van der Waals surface area contributed by atoms with Crippen LogP contribution in [0.3, 0.4) is 0 Å². The van der Waals surface area contributed by atoms with Crippen molar-refractivity contribution in [3.05, 3.63) is 29.8 Å². The van der Waals surface area contributed by atoms with Crippen LogP contribution in [-0.4, -0.2) is 63.4 Å². The molecular weight excluding hydrogens is 460 g/mol. The molecule has 0 radical (unpaired) electrons. The first-order valence-electron chi connectivity index (χ1n) is 8.27. The standard InChI is InChI=1S/C17H27F3N4O.HI/c1-4-21-16(22-9-11-24(3)13-17(18,19)20)23-10-12-25-15-7-5-14(2)6-8-15;/h5-8H,4,9-13H2,1-3H3,(H2,21,22,23);1H. The third-order valence-electron chi connectivity index (χ3n) is 3.23. The second-order valence-corrected chi connectivity index (χ2v) is 5.70. The highest BCUT2D eigenvalue weighted by Gasteiger charge is 2.28. The van der Waals surface area contributed by atoms with Gasteiger partial charge in [-0.1, -0.05) is 17.7 Å². The zero-order chi connectivity index (χ0) is 18.7. The predicted octanol–water partition coefficient (Wildman–Crippen LogP) is 3.04. The van der Waals surface area contributed by atoms with E-state index in [1.165, 1.54) is 17.5 Å². The molecule has 0 atom stereocenters. The van der Waals surface area contributed by atoms with E-state index in [1.807, 2.05) is 38.1 Å². The van der Waals surface area contributed by atoms with E-state index in [-0.39, 0.29) is 37.1 Å². The number of alkyl halides is 3. The van der Waals surface area contributed by atoms with E-state index in [9.17, 15) is 13.2 Å². The average molecular weight is 488 g/mol. The number of hydrogen-bond acceptors (Lipinski definition) is 3. The number of likely N-dealkylation sites (N-methyl/N-ethyl adjacent to an activating group) is 1. The first-order valence-corrected chi connectivity index (χ1v) is 8.27. The van der Waals surface area contributed by atoms with Gasteiger partial charge in [0.15, 0.2) is 5.96 Å². The minimum Gasteiger partial charge on any atom is -0.492 e. The minimum absolute atomic E-state index is 0. The van der Waals surface area contributed by atoms with Gasteiger partial charge in [0, 0.05) is 13.1 Å². The molecule has 2 N–H and O–H groups in total. The molecule has 0 bridgehead atoms. The maximum atomic E-state index is 12.3. The van der Waals surface area contributed by atoms with Gasteiger partial charge in [-0.15, -0.1) is 24.0 Å². The summed E-state index contributed by atoms with van der Waals surface area (Å²) in [5.74, 6) is 1.36. The van der Waals surface area contributed by atoms with Crippen molar-refractivity contribution in [2.75, 3.05) is 46.4 Å². The highest BCUT2D eigenvalue weighted by molar-refractivity contribution is 14.0. The van der Waals surface area contributed by atoms with Gasteiger partial charge in [-0.3, -0.25) is 9.89 Å². The van der Waals surface area contributed by atoms with E-state index in [0.29, 0.717) is 25.7 Å². The van der Waals surface area contributed by atoms with Crippen molar-refractivity contribution in [2.45, 2.75) is 20.0 Å². The molecule has 9 heteroatoms. The predicted molar refractivity (Wildman–Crippen MR) is 110 cm³/mol. The Bertz CT molecular complexity index is 524. The Morgan fingerprint density at radius 2 is 1.85 bits per heavy atom. The maximum absolute atomic E-state index is 12.3. The normalized spacial score (nSPS) is 11.9. The highest BCUT2D eigenvalue weighted by atomic mass is 127. The molecule has 1 aromatic carbocycles. The van der Waals surface area contributed by atoms with Gasteiger partial charge >= 0.3 is 6.18 Å². The fourth-order valence-electron chi connectivity index (χ4n) is 2.03. The Kier molecular flexibility index (Phi) is 12.4. The Balaban J connectivity index is 0.00000625. The van der Waals surface area contributed by atoms with Crippen molar-refractivity contribution in [3.8, 4) is 5.75 Å². The lowest BCUT2D eigenvalue weighted by atomic mass is 10.2. The third kappa shape index (κ3) is 12.2. The van der Waals surface area contributed by atoms with Gasteiger partial charge in [-0.05, 0) is 33.0 Å². The van der Waals surface area contributed by atoms with Gasteiger partial charge in [-0.2, -0.15) is 13.2 Å². The van der Waals surface area contributed by atoms with Crippen LogP contribution >= 0.6 is 24.0 Å². The SMILES string of the molecule is CCNC(=NCCN(C)CC(F)(F)F)NCCOc1ccc(C)cc1.I. The molecule has 5 nitrogen and oxygen atoms in total. The molecule has 26 heavy (non-hydrogen) atoms. The zero-order valence-electron chi connectivity index (χ0n) is 15.4. The molecule has 0 aliphatic rings. The molecule has 1 aromatic rings. The quantitative estimate of drug-likeness (QED) is 0.243. The number of hydrogen-bond donors (Lipinski definition) is 2. The van der Waals surface area contributed by atoms with Crippen LogP contribution in [0.25, 0.3) is 0 Å². The summed E-state index contributed by atoms with van der Waals surface area (Å²) in [6, 6.07) is 7.77. The van der Waals surface area contributed by atoms with Crippen LogP contribution in [0.2, 0.25) is 0 Å². The number of aryl methyl sites for hydroxylation is 1. The van der Waals surface area contributed by atoms with Crippen LogP contribution in [0.4, 0.5) is 13.2 Å². The van der Waals surface area contributed by atoms with E-state index >= 15 is 0 Å². The summed E-state index contributed by atoms with van der Waals surface area (Å²) in [4.78, 5) is 5.47. The molecule has 1 rings (SSSR count). The summed E-state index contributed by atoms with van der Waals surface area (Å²) in [6.07, 6.45) is -4.19. The van der Waals surface area contributed by atoms with Gasteiger partial charge in [0.25, 0.3) is 0 Å². The van der Waals surface area contributed by atoms with Crippen LogP contribution in [0.5, 0.6) is 5.75 Å². The van der Waals surface area contributed by atoms with Gasteiger partial charge in [-0.25, -0.2) is 0 Å². The highest BCUT2D eigenvalue weighted by Crippen LogP contribution is 2.15. The molecule has 0 amide bonds. The van der Waals surface area contributed by atoms with Crippen LogP contribution in [0.15, 0.2) is 29.3 Å². The molecule has 0 spiro atoms. The first-order chi connectivity index (χ1) is 11.8. The zero-order valence-corrected chi connectivity index (χ0v) is 17.7. The van der Waals surface area contributed by atoms with Crippen molar-refractivity contribution in [2.24, 2.45) is 4.99 Å². The molecule has 0 aliphatic carbocycles. The summed E-state index contributed by atoms with van der Waals surface area (Å²) in [7, 11) is 1.43. The fourth-order valence-corrected chi connectivity index (χ4v) is 2.03. The molecule has 0 saturated carbocycles. The number of aliphatic imine (C=N–C) groups is 1. The first kappa shape index (κ1) is 24.8. The second-order valence-electron chi connectivity index (χ2n) is 5.70. The molecule has 0 aliphatic heterocycles. The van der Waals surface area contributed by atoms with Crippen LogP contribution in [0, 0.1) is 6.92 Å². The lowest BCUT2D eigenvalue weighted by Gasteiger charge is -2.18. The van der Waals surface area contributed by atoms with Crippen LogP contribution < -0.4 is 15.4 Å². The van der Waals surface area contributed by atoms with Crippen molar-refractivity contribution < 1.29 is 17.9 Å². The molecule has 0 heterocycles. The van der Waals surface area contributed by atoms with Gasteiger partial charge in [0.2, 0.25) is 0 Å². The van der Waals surface area contributed by atoms with Crippen molar-refractivity contribution in [1.82, 2.24) is 15.5 Å². The topological polar surface area (TPSA) is 48.9 Å². The number of guanidine groups is 1. The van der Waals surface area contributed by atoms with Crippen molar-refractivity contribution >= 4 is 29.9 Å². The Morgan fingerprint density at radius 3 is 2.42 bits per heavy atom. The number of rotatable bonds is 9. The smallest absolute Gasteiger partial charge is 0.401 e. The molecule has 0 unspecified atom stereocenters. The molecular formula is C17H28F3IN4O. The van der Waals surface area contributed by atoms with Gasteiger partial charge in [0.1, 0.15) is 12.4 Å². The minimum atomic E-state index is -4.19. The molecule has 0 saturated heterocycles. The fraction of sp³-hybridized carbons (Fsp3) is 0.588. The largest absolute Gasteiger partial charge is 0.492 e. The summed E-state index contributed by atoms with van der Waals surface area (Å²) in [6.45, 7) is 5.18. The van der Waals surface area contributed by atoms with E-state index in [1.54, 1.807) is 0 Å². The molecule has 150 valence electrons. The maximum Gasteiger partial charge on any atom is 0.401 e. The summed E-state index contributed by atoms with van der Waals surface area (Å²) >= 11 is 0. The van der Waals surface area contributed by atoms with E-state index in [4.69, 9.17) is 4.74 Å². The Labute approximate surface area is 170 Å². The number of nitrogens with one attached hydrogen (secondary N) is 2. The summed E-state index contributed by atoms with van der Waals surface area (Å²) in [5, 5.41) is 6.15. The Morgan fingerprint density at radius 1 is 1.19 bits per heavy atom. The van der Waals surface area contributed by atoms with Gasteiger partial charge < -0.3 is 15.4 Å². The molecule has 0 fully saturated rings. The number of ether oxygens (including phenoxy) is 1. The van der Waals surface area contributed by atoms with Crippen molar-refractivity contribution in [3.63, 3.8) is 0 Å². The lowest BCUT2D eigenvalue weighted by Crippen LogP contribution is -2.40. The lowest BCUT2D eigenvalue weighted by molar-refractivity contribution is -0.142. The van der Waals surface area contributed by atoms with E-state index in [2.05, 4.69) is 15.6 Å². The van der Waals surface area contributed by atoms with E-state index in [0.717, 1.165) is 5.75 Å². The Hall–Kier alpha value is -1.23. The third-order valence-corrected chi connectivity index (χ3v) is 3.23. The van der Waals surface area contributed by atoms with Gasteiger partial charge in [0.05, 0.1) is 19.6 Å². The van der Waals surface area contributed by atoms with Crippen LogP contribution in [-0.2, 0) is 0 Å². The number of benzene rings is 1. The number of halogens is 4. The van der Waals surface area contributed by atoms with Crippen molar-refractivity contribution in [1.29, 1.82) is 0 Å². The average Bonchev–Trinajstić information content (AvgIpc) is 2.51. The second kappa shape index (κ2) is 13.0. The molecule has 0 aromatic heterocycles. The summed E-state index contributed by atoms with van der Waals surface area (Å²) < 4.78 is 42.4. The van der Waals surface area contributed by atoms with Crippen LogP contribution in [0.1, 0.15) is 12.5 Å².